The Balaban J connectivity index is 0.000000222. The fourth-order valence-corrected chi connectivity index (χ4v) is 9.62. The van der Waals surface area contributed by atoms with Crippen molar-refractivity contribution in [2.24, 2.45) is 29.4 Å². The van der Waals surface area contributed by atoms with Crippen LogP contribution in [0.1, 0.15) is 85.4 Å². The molecule has 0 spiro atoms. The number of ether oxygens (including phenoxy) is 5. The minimum atomic E-state index is -1.71. The summed E-state index contributed by atoms with van der Waals surface area (Å²) in [5, 5.41) is 57.9. The zero-order valence-corrected chi connectivity index (χ0v) is 54.7. The molecule has 31 nitrogen and oxygen atoms in total. The number of methoxy groups -OCH3 is 5. The molecule has 2 aliphatic heterocycles. The summed E-state index contributed by atoms with van der Waals surface area (Å²) in [5.74, 6) is -0.273. The number of nitrogen functional groups attached to an aromatic ring is 3. The van der Waals surface area contributed by atoms with Gasteiger partial charge in [0.15, 0.2) is 11.5 Å². The molecular weight excluding hydrogens is 1300 g/mol. The molecule has 510 valence electrons. The van der Waals surface area contributed by atoms with Crippen LogP contribution >= 0.6 is 34.8 Å². The van der Waals surface area contributed by atoms with Crippen LogP contribution in [0.5, 0.6) is 23.0 Å². The van der Waals surface area contributed by atoms with Gasteiger partial charge in [0, 0.05) is 31.0 Å². The number of aromatic nitrogens is 4. The van der Waals surface area contributed by atoms with E-state index in [2.05, 4.69) is 57.3 Å². The molecule has 0 radical (unpaired) electrons. The lowest BCUT2D eigenvalue weighted by Crippen LogP contribution is -2.50. The average molecular weight is 1380 g/mol. The summed E-state index contributed by atoms with van der Waals surface area (Å²) in [6, 6.07) is 21.6. The van der Waals surface area contributed by atoms with Gasteiger partial charge < -0.3 is 88.3 Å². The molecule has 10 rings (SSSR count). The van der Waals surface area contributed by atoms with E-state index >= 15 is 0 Å². The lowest BCUT2D eigenvalue weighted by atomic mass is 9.98. The van der Waals surface area contributed by atoms with E-state index in [0.29, 0.717) is 107 Å². The summed E-state index contributed by atoms with van der Waals surface area (Å²) in [6.45, 7) is 1.23. The van der Waals surface area contributed by atoms with Gasteiger partial charge in [0.1, 0.15) is 52.2 Å². The Morgan fingerprint density at radius 1 is 0.674 bits per heavy atom. The maximum atomic E-state index is 12.9. The highest BCUT2D eigenvalue weighted by molar-refractivity contribution is 6.76. The van der Waals surface area contributed by atoms with E-state index in [0.717, 1.165) is 32.1 Å². The summed E-state index contributed by atoms with van der Waals surface area (Å²) in [7, 11) is 7.29. The minimum Gasteiger partial charge on any atom is -0.495 e. The normalized spacial score (nSPS) is 16.3. The number of nitriles is 2. The Bertz CT molecular complexity index is 3750. The number of carboxylic acid groups (broad SMARTS) is 1. The molecule has 0 unspecified atom stereocenters. The topological polar surface area (TPSA) is 505 Å². The molecule has 4 heterocycles. The molecule has 95 heavy (non-hydrogen) atoms. The zero-order valence-electron chi connectivity index (χ0n) is 52.5. The number of para-hydroxylation sites is 4. The number of rotatable bonds is 20. The van der Waals surface area contributed by atoms with Gasteiger partial charge in [-0.05, 0) is 92.8 Å². The number of aromatic carboxylic acids is 1. The van der Waals surface area contributed by atoms with Crippen molar-refractivity contribution in [2.45, 2.75) is 92.2 Å². The predicted octanol–water partition coefficient (Wildman–Crippen LogP) is 5.95. The number of nitrogens with one attached hydrogen (secondary N) is 8. The Morgan fingerprint density at radius 3 is 1.53 bits per heavy atom. The number of amides is 5. The number of carbonyl (C=O) groups excluding carboxylic acids is 5. The number of fused-ring (bicyclic) bond motifs is 2. The molecular formula is C61H76Cl3N17O14. The van der Waals surface area contributed by atoms with Gasteiger partial charge in [-0.3, -0.25) is 39.5 Å². The summed E-state index contributed by atoms with van der Waals surface area (Å²) >= 11 is 15.5. The Labute approximate surface area is 560 Å². The van der Waals surface area contributed by atoms with Gasteiger partial charge in [0.25, 0.3) is 15.4 Å². The first-order chi connectivity index (χ1) is 45.2. The summed E-state index contributed by atoms with van der Waals surface area (Å²) in [6.07, 6.45) is 7.46. The molecule has 6 aromatic rings. The maximum Gasteiger partial charge on any atom is 0.371 e. The third-order valence-electron chi connectivity index (χ3n) is 14.9. The van der Waals surface area contributed by atoms with E-state index in [1.807, 2.05) is 6.07 Å². The van der Waals surface area contributed by atoms with E-state index in [4.69, 9.17) is 92.5 Å². The second-order valence-corrected chi connectivity index (χ2v) is 24.0. The van der Waals surface area contributed by atoms with Crippen LogP contribution in [0.2, 0.25) is 0 Å². The van der Waals surface area contributed by atoms with Crippen LogP contribution in [0, 0.1) is 61.9 Å². The highest BCUT2D eigenvalue weighted by Crippen LogP contribution is 2.35. The van der Waals surface area contributed by atoms with Gasteiger partial charge in [-0.2, -0.15) is 10.5 Å². The lowest BCUT2D eigenvalue weighted by Gasteiger charge is -2.21. The molecule has 0 bridgehead atoms. The Hall–Kier alpha value is -10.1. The first-order valence-corrected chi connectivity index (χ1v) is 30.6. The van der Waals surface area contributed by atoms with Crippen molar-refractivity contribution >= 4 is 121 Å². The van der Waals surface area contributed by atoms with Crippen molar-refractivity contribution in [3.05, 3.63) is 94.6 Å². The number of benzene rings is 4. The molecule has 4 aliphatic rings. The van der Waals surface area contributed by atoms with Crippen LogP contribution in [-0.2, 0) is 23.9 Å². The van der Waals surface area contributed by atoms with Gasteiger partial charge in [-0.15, -0.1) is 0 Å². The van der Waals surface area contributed by atoms with Crippen LogP contribution in [0.3, 0.4) is 0 Å². The van der Waals surface area contributed by atoms with E-state index < -0.39 is 50.7 Å². The largest absolute Gasteiger partial charge is 0.495 e. The number of imidazole rings is 2. The van der Waals surface area contributed by atoms with Crippen molar-refractivity contribution in [3.8, 4) is 35.1 Å². The second kappa shape index (κ2) is 36.4. The smallest absolute Gasteiger partial charge is 0.371 e. The number of aromatic amines is 2. The van der Waals surface area contributed by atoms with Crippen molar-refractivity contribution in [1.82, 2.24) is 46.5 Å². The van der Waals surface area contributed by atoms with E-state index in [9.17, 15) is 44.1 Å². The van der Waals surface area contributed by atoms with Gasteiger partial charge in [0.05, 0.1) is 81.1 Å². The lowest BCUT2D eigenvalue weighted by molar-refractivity contribution is -0.384. The number of carbonyl (C=O) groups is 6. The Morgan fingerprint density at radius 2 is 1.12 bits per heavy atom. The number of halogens is 3. The summed E-state index contributed by atoms with van der Waals surface area (Å²) in [5.41, 5.74) is 25.6. The fraction of sp³-hybridized carbons (Fsp3) is 0.426. The summed E-state index contributed by atoms with van der Waals surface area (Å²) in [4.78, 5) is 95.2. The van der Waals surface area contributed by atoms with Gasteiger partial charge >= 0.3 is 5.97 Å². The Kier molecular flexibility index (Phi) is 29.0. The summed E-state index contributed by atoms with van der Waals surface area (Å²) < 4.78 is 22.6. The third kappa shape index (κ3) is 23.2. The van der Waals surface area contributed by atoms with Gasteiger partial charge in [0.2, 0.25) is 35.4 Å². The van der Waals surface area contributed by atoms with Gasteiger partial charge in [-0.1, -0.05) is 84.8 Å². The SMILES string of the molecule is COC(=N)C(Cl)(Cl)Cl.COc1cccc(N)c1N.COc1cccc([N+](=O)[O-])c1N.COc1cccc2[nH]c(C(=O)N[C@@H](CC3CC3)C(=O)N[C@H](C#N)C[C@@H]3CCNC3=O)nc12.COc1cccc2[nH]c(C(=O)O)nc12.N#C[C@H](C[C@@H]1CCNC1=O)NC(=O)[C@@H](N)CC1CC1. The first kappa shape index (κ1) is 75.6. The van der Waals surface area contributed by atoms with Crippen LogP contribution < -0.4 is 68.5 Å². The molecule has 2 aromatic heterocycles. The van der Waals surface area contributed by atoms with E-state index in [-0.39, 0.29) is 64.9 Å². The number of nitro groups is 1. The molecule has 5 amide bonds. The van der Waals surface area contributed by atoms with E-state index in [1.54, 1.807) is 67.8 Å². The van der Waals surface area contributed by atoms with Crippen LogP contribution in [-0.4, -0.2) is 148 Å². The van der Waals surface area contributed by atoms with Crippen LogP contribution in [0.4, 0.5) is 22.7 Å². The van der Waals surface area contributed by atoms with Crippen molar-refractivity contribution in [1.29, 1.82) is 15.9 Å². The number of H-pyrrole nitrogens is 2. The quantitative estimate of drug-likeness (QED) is 0.0105. The fourth-order valence-electron chi connectivity index (χ4n) is 9.39. The molecule has 2 saturated heterocycles. The highest BCUT2D eigenvalue weighted by atomic mass is 35.6. The molecule has 2 saturated carbocycles. The maximum absolute atomic E-state index is 12.9. The predicted molar refractivity (Wildman–Crippen MR) is 354 cm³/mol. The van der Waals surface area contributed by atoms with Crippen molar-refractivity contribution in [3.63, 3.8) is 0 Å². The van der Waals surface area contributed by atoms with E-state index in [1.165, 1.54) is 40.6 Å². The average Bonchev–Trinajstić information content (AvgIpc) is 1.69. The standard InChI is InChI=1S/C22H26N6O4.C13H20N4O2.C9H8N2O3.C7H8N2O3.C7H10N2O.C3H4Cl3NO/c1-32-17-4-2-3-15-18(17)28-19(26-15)22(31)27-16(9-12-5-6-12)21(30)25-14(11-23)10-13-7-8-24-20(13)29;14-7-10(6-9-3-4-16-12(9)18)17-13(19)11(15)5-8-1-2-8;1-14-6-4-2-3-5-7(6)11-8(10-5)9(12)13;1-12-6-4-2-3-5(7(6)8)9(10)11;1-10-6-4-2-3-5(8)7(6)9;1-8-2(7)3(4,5)6/h2-4,12-14,16H,5-10H2,1H3,(H,24,29)(H,25,30)(H,26,28)(H,27,31);8-11H,1-6,15H2,(H,16,18)(H,17,19);2-4H,1H3,(H,10,11)(H,12,13);2-4H,8H2,1H3;2-4H,8-9H2,1H3;7H,1H3/t13-,14-,16-;9-,10-,11-;;;;/m00..../s1. The number of hydrogen-bond acceptors (Lipinski definition) is 22. The van der Waals surface area contributed by atoms with Crippen molar-refractivity contribution < 1.29 is 62.5 Å². The first-order valence-electron chi connectivity index (χ1n) is 29.5. The van der Waals surface area contributed by atoms with Crippen molar-refractivity contribution in [2.75, 3.05) is 65.8 Å². The zero-order chi connectivity index (χ0) is 70.1. The molecule has 2 aliphatic carbocycles. The molecule has 34 heteroatoms. The minimum absolute atomic E-state index is 0.0308. The second-order valence-electron chi connectivity index (χ2n) is 21.7. The number of nitrogens with two attached hydrogens (primary N) is 4. The molecule has 4 fully saturated rings. The van der Waals surface area contributed by atoms with Crippen LogP contribution in [0.25, 0.3) is 22.1 Å². The molecule has 6 atom stereocenters. The number of hydrogen-bond donors (Lipinski definition) is 13. The number of alkyl halides is 3. The third-order valence-corrected chi connectivity index (χ3v) is 15.4. The van der Waals surface area contributed by atoms with Gasteiger partial charge in [-0.25, -0.2) is 14.8 Å². The monoisotopic (exact) mass is 1380 g/mol. The number of anilines is 3. The molecule has 17 N–H and O–H groups in total. The van der Waals surface area contributed by atoms with Crippen LogP contribution in [0.15, 0.2) is 72.8 Å². The number of nitro benzene ring substituents is 1. The number of carboxylic acids is 1. The highest BCUT2D eigenvalue weighted by Gasteiger charge is 2.35. The molecule has 4 aromatic carbocycles. The number of nitrogens with zero attached hydrogens (tertiary/aromatic N) is 5.